The van der Waals surface area contributed by atoms with Gasteiger partial charge in [0.1, 0.15) is 16.4 Å². The Kier molecular flexibility index (Phi) is 2.77. The number of nitriles is 1. The van der Waals surface area contributed by atoms with Crippen LogP contribution in [-0.4, -0.2) is 4.57 Å². The van der Waals surface area contributed by atoms with Crippen LogP contribution in [0.25, 0.3) is 0 Å². The predicted octanol–water partition coefficient (Wildman–Crippen LogP) is 2.11. The van der Waals surface area contributed by atoms with E-state index in [1.165, 1.54) is 0 Å². The summed E-state index contributed by atoms with van der Waals surface area (Å²) in [6, 6.07) is 3.78. The number of nitrogens with two attached hydrogens (primary N) is 1. The first-order valence-corrected chi connectivity index (χ1v) is 4.54. The summed E-state index contributed by atoms with van der Waals surface area (Å²) < 4.78 is 2.68. The first kappa shape index (κ1) is 9.14. The fourth-order valence-corrected chi connectivity index (χ4v) is 1.56. The number of hydrogen-bond donors (Lipinski definition) is 1. The minimum Gasteiger partial charge on any atom is -0.397 e. The molecule has 4 heteroatoms. The van der Waals surface area contributed by atoms with Crippen molar-refractivity contribution in [2.24, 2.45) is 0 Å². The fourth-order valence-electron chi connectivity index (χ4n) is 1.08. The van der Waals surface area contributed by atoms with Crippen LogP contribution in [0.3, 0.4) is 0 Å². The van der Waals surface area contributed by atoms with Crippen LogP contribution in [0.5, 0.6) is 0 Å². The lowest BCUT2D eigenvalue weighted by Gasteiger charge is -2.03. The Bertz CT molecular complexity index is 322. The van der Waals surface area contributed by atoms with Crippen molar-refractivity contribution in [1.82, 2.24) is 4.57 Å². The molecule has 0 bridgehead atoms. The Morgan fingerprint density at radius 1 is 1.75 bits per heavy atom. The molecule has 0 aliphatic carbocycles. The van der Waals surface area contributed by atoms with Crippen LogP contribution >= 0.6 is 15.9 Å². The number of aromatic nitrogens is 1. The van der Waals surface area contributed by atoms with Crippen LogP contribution in [0.15, 0.2) is 10.7 Å². The zero-order chi connectivity index (χ0) is 9.14. The smallest absolute Gasteiger partial charge is 0.123 e. The summed E-state index contributed by atoms with van der Waals surface area (Å²) in [5, 5.41) is 8.74. The molecule has 1 aromatic rings. The maximum atomic E-state index is 8.74. The highest BCUT2D eigenvalue weighted by Gasteiger charge is 2.08. The molecule has 0 atom stereocenters. The van der Waals surface area contributed by atoms with Gasteiger partial charge in [-0.2, -0.15) is 5.26 Å². The van der Waals surface area contributed by atoms with E-state index in [-0.39, 0.29) is 0 Å². The van der Waals surface area contributed by atoms with Gasteiger partial charge in [-0.3, -0.25) is 0 Å². The topological polar surface area (TPSA) is 54.7 Å². The van der Waals surface area contributed by atoms with E-state index >= 15 is 0 Å². The Balaban J connectivity index is 3.14. The SMILES string of the molecule is CCCn1c(C#N)cc(N)c1Br. The van der Waals surface area contributed by atoms with Crippen molar-refractivity contribution in [3.05, 3.63) is 16.4 Å². The highest BCUT2D eigenvalue weighted by molar-refractivity contribution is 9.10. The molecule has 0 aliphatic heterocycles. The monoisotopic (exact) mass is 227 g/mol. The van der Waals surface area contributed by atoms with Crippen LogP contribution < -0.4 is 5.73 Å². The maximum Gasteiger partial charge on any atom is 0.123 e. The molecule has 64 valence electrons. The van der Waals surface area contributed by atoms with Gasteiger partial charge in [0.25, 0.3) is 0 Å². The van der Waals surface area contributed by atoms with Crippen LogP contribution in [-0.2, 0) is 6.54 Å². The minimum atomic E-state index is 0.612. The Labute approximate surface area is 79.9 Å². The average molecular weight is 228 g/mol. The first-order chi connectivity index (χ1) is 5.70. The molecule has 0 fully saturated rings. The lowest BCUT2D eigenvalue weighted by Crippen LogP contribution is -1.99. The number of nitrogens with zero attached hydrogens (tertiary/aromatic N) is 2. The normalized spacial score (nSPS) is 9.75. The zero-order valence-electron chi connectivity index (χ0n) is 6.84. The highest BCUT2D eigenvalue weighted by atomic mass is 79.9. The maximum absolute atomic E-state index is 8.74. The molecule has 3 nitrogen and oxygen atoms in total. The van der Waals surface area contributed by atoms with Crippen molar-refractivity contribution in [3.63, 3.8) is 0 Å². The molecule has 2 N–H and O–H groups in total. The van der Waals surface area contributed by atoms with E-state index in [0.29, 0.717) is 11.4 Å². The number of hydrogen-bond acceptors (Lipinski definition) is 2. The van der Waals surface area contributed by atoms with Crippen LogP contribution in [0.1, 0.15) is 19.0 Å². The third-order valence-corrected chi connectivity index (χ3v) is 2.51. The van der Waals surface area contributed by atoms with Gasteiger partial charge < -0.3 is 10.3 Å². The van der Waals surface area contributed by atoms with Gasteiger partial charge in [0, 0.05) is 6.54 Å². The quantitative estimate of drug-likeness (QED) is 0.842. The van der Waals surface area contributed by atoms with Gasteiger partial charge in [-0.15, -0.1) is 0 Å². The summed E-state index contributed by atoms with van der Waals surface area (Å²) in [6.07, 6.45) is 0.987. The number of rotatable bonds is 2. The number of nitrogen functional groups attached to an aromatic ring is 1. The lowest BCUT2D eigenvalue weighted by molar-refractivity contribution is 0.664. The molecule has 0 saturated carbocycles. The van der Waals surface area contributed by atoms with E-state index in [1.54, 1.807) is 6.07 Å². The van der Waals surface area contributed by atoms with Gasteiger partial charge in [-0.25, -0.2) is 0 Å². The van der Waals surface area contributed by atoms with Crippen LogP contribution in [0, 0.1) is 11.3 Å². The van der Waals surface area contributed by atoms with Crippen LogP contribution in [0.4, 0.5) is 5.69 Å². The number of halogens is 1. The summed E-state index contributed by atoms with van der Waals surface area (Å²) >= 11 is 3.33. The number of anilines is 1. The van der Waals surface area contributed by atoms with Crippen molar-refractivity contribution >= 4 is 21.6 Å². The molecule has 1 heterocycles. The highest BCUT2D eigenvalue weighted by Crippen LogP contribution is 2.24. The second-order valence-electron chi connectivity index (χ2n) is 2.54. The molecule has 0 amide bonds. The molecule has 0 saturated heterocycles. The molecular weight excluding hydrogens is 218 g/mol. The van der Waals surface area contributed by atoms with E-state index < -0.39 is 0 Å². The largest absolute Gasteiger partial charge is 0.397 e. The third-order valence-electron chi connectivity index (χ3n) is 1.62. The summed E-state index contributed by atoms with van der Waals surface area (Å²) in [6.45, 7) is 2.88. The molecule has 0 radical (unpaired) electrons. The minimum absolute atomic E-state index is 0.612. The van der Waals surface area contributed by atoms with Crippen molar-refractivity contribution in [2.45, 2.75) is 19.9 Å². The van der Waals surface area contributed by atoms with Gasteiger partial charge in [0.05, 0.1) is 5.69 Å². The van der Waals surface area contributed by atoms with Crippen molar-refractivity contribution < 1.29 is 0 Å². The van der Waals surface area contributed by atoms with Crippen molar-refractivity contribution in [3.8, 4) is 6.07 Å². The lowest BCUT2D eigenvalue weighted by atomic mass is 10.4. The Morgan fingerprint density at radius 3 is 2.92 bits per heavy atom. The summed E-state index contributed by atoms with van der Waals surface area (Å²) in [5.74, 6) is 0. The van der Waals surface area contributed by atoms with E-state index in [1.807, 2.05) is 4.57 Å². The summed E-state index contributed by atoms with van der Waals surface area (Å²) in [5.41, 5.74) is 6.87. The zero-order valence-corrected chi connectivity index (χ0v) is 8.43. The van der Waals surface area contributed by atoms with Gasteiger partial charge in [0.15, 0.2) is 0 Å². The first-order valence-electron chi connectivity index (χ1n) is 3.75. The predicted molar refractivity (Wildman–Crippen MR) is 51.6 cm³/mol. The second-order valence-corrected chi connectivity index (χ2v) is 3.29. The molecule has 12 heavy (non-hydrogen) atoms. The second kappa shape index (κ2) is 3.63. The molecule has 1 rings (SSSR count). The summed E-state index contributed by atoms with van der Waals surface area (Å²) in [4.78, 5) is 0. The fraction of sp³-hybridized carbons (Fsp3) is 0.375. The third kappa shape index (κ3) is 1.46. The van der Waals surface area contributed by atoms with Gasteiger partial charge in [-0.05, 0) is 28.4 Å². The van der Waals surface area contributed by atoms with Crippen molar-refractivity contribution in [2.75, 3.05) is 5.73 Å². The molecule has 0 aromatic carbocycles. The van der Waals surface area contributed by atoms with Gasteiger partial charge in [0.2, 0.25) is 0 Å². The molecular formula is C8H10BrN3. The molecule has 0 aliphatic rings. The standard InChI is InChI=1S/C8H10BrN3/c1-2-3-12-6(5-10)4-7(11)8(12)9/h4H,2-3,11H2,1H3. The average Bonchev–Trinajstić information content (AvgIpc) is 2.33. The Morgan fingerprint density at radius 2 is 2.42 bits per heavy atom. The molecule has 1 aromatic heterocycles. The van der Waals surface area contributed by atoms with E-state index in [4.69, 9.17) is 11.0 Å². The van der Waals surface area contributed by atoms with Gasteiger partial charge in [-0.1, -0.05) is 6.92 Å². The van der Waals surface area contributed by atoms with Crippen molar-refractivity contribution in [1.29, 1.82) is 5.26 Å². The van der Waals surface area contributed by atoms with Gasteiger partial charge >= 0.3 is 0 Å². The summed E-state index contributed by atoms with van der Waals surface area (Å²) in [7, 11) is 0. The molecule has 0 unspecified atom stereocenters. The Hall–Kier alpha value is -0.950. The van der Waals surface area contributed by atoms with Crippen LogP contribution in [0.2, 0.25) is 0 Å². The molecule has 0 spiro atoms. The van der Waals surface area contributed by atoms with E-state index in [9.17, 15) is 0 Å². The van der Waals surface area contributed by atoms with E-state index in [0.717, 1.165) is 17.6 Å². The van der Waals surface area contributed by atoms with E-state index in [2.05, 4.69) is 28.9 Å².